The Balaban J connectivity index is 1.70. The van der Waals surface area contributed by atoms with Gasteiger partial charge in [-0.25, -0.2) is 0 Å². The number of benzene rings is 2. The van der Waals surface area contributed by atoms with Gasteiger partial charge in [-0.05, 0) is 30.7 Å². The number of para-hydroxylation sites is 2. The molecule has 0 saturated carbocycles. The standard InChI is InChI=1S/C21H21N3O4/c1-17(22-28-21-12-6-5-11-20(21)24(25)26)14-23(16-19-10-7-13-27-19)15-18-8-3-2-4-9-18/h2-13H,14-16H2,1H3/b22-17+. The van der Waals surface area contributed by atoms with Crippen molar-refractivity contribution in [3.05, 3.63) is 94.4 Å². The second-order valence-electron chi connectivity index (χ2n) is 6.35. The first kappa shape index (κ1) is 19.3. The first-order valence-electron chi connectivity index (χ1n) is 8.84. The summed E-state index contributed by atoms with van der Waals surface area (Å²) in [4.78, 5) is 18.1. The summed E-state index contributed by atoms with van der Waals surface area (Å²) in [6.07, 6.45) is 1.65. The van der Waals surface area contributed by atoms with Crippen molar-refractivity contribution in [1.82, 2.24) is 4.90 Å². The third-order valence-electron chi connectivity index (χ3n) is 4.02. The number of nitro benzene ring substituents is 1. The lowest BCUT2D eigenvalue weighted by molar-refractivity contribution is -0.385. The van der Waals surface area contributed by atoms with Crippen LogP contribution in [0.3, 0.4) is 0 Å². The summed E-state index contributed by atoms with van der Waals surface area (Å²) in [6.45, 7) is 3.67. The van der Waals surface area contributed by atoms with Gasteiger partial charge in [0.1, 0.15) is 5.76 Å². The highest BCUT2D eigenvalue weighted by atomic mass is 16.6. The molecule has 0 N–H and O–H groups in total. The van der Waals surface area contributed by atoms with Crippen LogP contribution < -0.4 is 4.84 Å². The molecule has 0 saturated heterocycles. The van der Waals surface area contributed by atoms with Crippen LogP contribution in [0.25, 0.3) is 0 Å². The van der Waals surface area contributed by atoms with E-state index in [1.54, 1.807) is 18.4 Å². The molecule has 0 radical (unpaired) electrons. The zero-order valence-electron chi connectivity index (χ0n) is 15.5. The monoisotopic (exact) mass is 379 g/mol. The summed E-state index contributed by atoms with van der Waals surface area (Å²) in [5.74, 6) is 0.968. The molecule has 0 amide bonds. The molecule has 0 bridgehead atoms. The minimum absolute atomic E-state index is 0.115. The SMILES string of the molecule is C/C(CN(Cc1ccccc1)Cc1ccco1)=N\Oc1ccccc1[N+](=O)[O-]. The van der Waals surface area contributed by atoms with Gasteiger partial charge in [-0.1, -0.05) is 47.6 Å². The summed E-state index contributed by atoms with van der Waals surface area (Å²) in [6, 6.07) is 20.1. The lowest BCUT2D eigenvalue weighted by Gasteiger charge is -2.21. The van der Waals surface area contributed by atoms with Crippen LogP contribution in [0.1, 0.15) is 18.2 Å². The summed E-state index contributed by atoms with van der Waals surface area (Å²) >= 11 is 0. The molecule has 0 atom stereocenters. The van der Waals surface area contributed by atoms with Crippen molar-refractivity contribution in [2.24, 2.45) is 5.16 Å². The predicted molar refractivity (Wildman–Crippen MR) is 106 cm³/mol. The number of nitro groups is 1. The van der Waals surface area contributed by atoms with E-state index in [1.807, 2.05) is 37.3 Å². The minimum atomic E-state index is -0.487. The van der Waals surface area contributed by atoms with Gasteiger partial charge in [0, 0.05) is 19.2 Å². The van der Waals surface area contributed by atoms with E-state index in [9.17, 15) is 10.1 Å². The van der Waals surface area contributed by atoms with Crippen molar-refractivity contribution >= 4 is 11.4 Å². The molecule has 7 nitrogen and oxygen atoms in total. The Labute approximate surface area is 163 Å². The number of furan rings is 1. The van der Waals surface area contributed by atoms with Crippen LogP contribution in [0, 0.1) is 10.1 Å². The van der Waals surface area contributed by atoms with Crippen LogP contribution in [0.2, 0.25) is 0 Å². The van der Waals surface area contributed by atoms with E-state index in [4.69, 9.17) is 9.25 Å². The average Bonchev–Trinajstić information content (AvgIpc) is 3.20. The minimum Gasteiger partial charge on any atom is -0.468 e. The lowest BCUT2D eigenvalue weighted by atomic mass is 10.2. The molecule has 0 aliphatic rings. The Morgan fingerprint density at radius 1 is 1.07 bits per heavy atom. The molecule has 1 heterocycles. The normalized spacial score (nSPS) is 11.6. The molecular formula is C21H21N3O4. The highest BCUT2D eigenvalue weighted by molar-refractivity contribution is 5.83. The van der Waals surface area contributed by atoms with Crippen molar-refractivity contribution in [1.29, 1.82) is 0 Å². The molecule has 0 unspecified atom stereocenters. The van der Waals surface area contributed by atoms with Crippen molar-refractivity contribution in [3.63, 3.8) is 0 Å². The van der Waals surface area contributed by atoms with Gasteiger partial charge >= 0.3 is 5.69 Å². The molecule has 28 heavy (non-hydrogen) atoms. The fraction of sp³-hybridized carbons (Fsp3) is 0.190. The molecular weight excluding hydrogens is 358 g/mol. The van der Waals surface area contributed by atoms with Crippen LogP contribution in [0.5, 0.6) is 5.75 Å². The topological polar surface area (TPSA) is 81.1 Å². The predicted octanol–water partition coefficient (Wildman–Crippen LogP) is 4.64. The van der Waals surface area contributed by atoms with Gasteiger partial charge in [0.2, 0.25) is 5.75 Å². The Morgan fingerprint density at radius 3 is 2.54 bits per heavy atom. The van der Waals surface area contributed by atoms with Gasteiger partial charge in [0.25, 0.3) is 0 Å². The van der Waals surface area contributed by atoms with E-state index < -0.39 is 4.92 Å². The molecule has 0 aliphatic heterocycles. The smallest absolute Gasteiger partial charge is 0.314 e. The van der Waals surface area contributed by atoms with Crippen molar-refractivity contribution in [3.8, 4) is 5.75 Å². The van der Waals surface area contributed by atoms with E-state index >= 15 is 0 Å². The number of rotatable bonds is 9. The summed E-state index contributed by atoms with van der Waals surface area (Å²) in [5, 5.41) is 15.2. The maximum atomic E-state index is 11.1. The second-order valence-corrected chi connectivity index (χ2v) is 6.35. The molecule has 0 aliphatic carbocycles. The fourth-order valence-electron chi connectivity index (χ4n) is 2.80. The molecule has 0 fully saturated rings. The highest BCUT2D eigenvalue weighted by Gasteiger charge is 2.15. The van der Waals surface area contributed by atoms with Crippen LogP contribution in [0.4, 0.5) is 5.69 Å². The van der Waals surface area contributed by atoms with E-state index in [0.29, 0.717) is 25.3 Å². The van der Waals surface area contributed by atoms with E-state index in [1.165, 1.54) is 17.7 Å². The molecule has 1 aromatic heterocycles. The van der Waals surface area contributed by atoms with E-state index in [0.717, 1.165) is 5.76 Å². The Hall–Kier alpha value is -3.45. The molecule has 3 rings (SSSR count). The highest BCUT2D eigenvalue weighted by Crippen LogP contribution is 2.26. The number of hydrogen-bond acceptors (Lipinski definition) is 6. The zero-order valence-corrected chi connectivity index (χ0v) is 15.5. The van der Waals surface area contributed by atoms with Crippen LogP contribution in [0.15, 0.2) is 82.6 Å². The van der Waals surface area contributed by atoms with Crippen LogP contribution in [-0.4, -0.2) is 22.1 Å². The van der Waals surface area contributed by atoms with Crippen LogP contribution >= 0.6 is 0 Å². The number of hydrogen-bond donors (Lipinski definition) is 0. The first-order valence-corrected chi connectivity index (χ1v) is 8.84. The summed E-state index contributed by atoms with van der Waals surface area (Å²) in [7, 11) is 0. The van der Waals surface area contributed by atoms with Crippen molar-refractivity contribution in [2.75, 3.05) is 6.54 Å². The molecule has 0 spiro atoms. The van der Waals surface area contributed by atoms with Crippen molar-refractivity contribution in [2.45, 2.75) is 20.0 Å². The largest absolute Gasteiger partial charge is 0.468 e. The van der Waals surface area contributed by atoms with Gasteiger partial charge in [0.05, 0.1) is 23.4 Å². The Morgan fingerprint density at radius 2 is 1.82 bits per heavy atom. The molecule has 3 aromatic rings. The maximum Gasteiger partial charge on any atom is 0.314 e. The Kier molecular flexibility index (Phi) is 6.54. The van der Waals surface area contributed by atoms with Gasteiger partial charge < -0.3 is 9.25 Å². The van der Waals surface area contributed by atoms with Crippen molar-refractivity contribution < 1.29 is 14.2 Å². The van der Waals surface area contributed by atoms with Gasteiger partial charge in [-0.3, -0.25) is 15.0 Å². The quantitative estimate of drug-likeness (QED) is 0.307. The number of nitrogens with zero attached hydrogens (tertiary/aromatic N) is 3. The van der Waals surface area contributed by atoms with E-state index in [2.05, 4.69) is 22.2 Å². The fourth-order valence-corrected chi connectivity index (χ4v) is 2.80. The number of oxime groups is 1. The maximum absolute atomic E-state index is 11.1. The molecule has 2 aromatic carbocycles. The lowest BCUT2D eigenvalue weighted by Crippen LogP contribution is -2.28. The Bertz CT molecular complexity index is 924. The molecule has 7 heteroatoms. The zero-order chi connectivity index (χ0) is 19.8. The summed E-state index contributed by atoms with van der Waals surface area (Å²) < 4.78 is 5.47. The van der Waals surface area contributed by atoms with Gasteiger partial charge in [0.15, 0.2) is 0 Å². The molecule has 144 valence electrons. The summed E-state index contributed by atoms with van der Waals surface area (Å²) in [5.41, 5.74) is 1.75. The van der Waals surface area contributed by atoms with Gasteiger partial charge in [-0.2, -0.15) is 0 Å². The van der Waals surface area contributed by atoms with Gasteiger partial charge in [-0.15, -0.1) is 0 Å². The third kappa shape index (κ3) is 5.52. The first-order chi connectivity index (χ1) is 13.6. The average molecular weight is 379 g/mol. The second kappa shape index (κ2) is 9.48. The third-order valence-corrected chi connectivity index (χ3v) is 4.02. The van der Waals surface area contributed by atoms with Crippen LogP contribution in [-0.2, 0) is 13.1 Å². The van der Waals surface area contributed by atoms with E-state index in [-0.39, 0.29) is 11.4 Å².